The summed E-state index contributed by atoms with van der Waals surface area (Å²) in [7, 11) is 0. The van der Waals surface area contributed by atoms with Crippen LogP contribution in [0.1, 0.15) is 71.1 Å². The molecule has 166 valence electrons. The van der Waals surface area contributed by atoms with Gasteiger partial charge in [0.25, 0.3) is 0 Å². The van der Waals surface area contributed by atoms with Crippen LogP contribution < -0.4 is 0 Å². The maximum absolute atomic E-state index is 10.6. The summed E-state index contributed by atoms with van der Waals surface area (Å²) in [5.41, 5.74) is 3.76. The predicted molar refractivity (Wildman–Crippen MR) is 120 cm³/mol. The normalized spacial score (nSPS) is 47.8. The third-order valence-corrected chi connectivity index (χ3v) is 10.7. The summed E-state index contributed by atoms with van der Waals surface area (Å²) in [5.74, 6) is 1.23. The Morgan fingerprint density at radius 1 is 1.10 bits per heavy atom. The van der Waals surface area contributed by atoms with Gasteiger partial charge in [-0.1, -0.05) is 32.0 Å². The topological polar surface area (TPSA) is 57.8 Å². The van der Waals surface area contributed by atoms with Crippen LogP contribution in [-0.2, 0) is 21.3 Å². The highest BCUT2D eigenvalue weighted by atomic mass is 16.7. The second-order valence-corrected chi connectivity index (χ2v) is 12.2. The number of nitrogens with one attached hydrogen (secondary N) is 1. The molecule has 2 saturated carbocycles. The van der Waals surface area contributed by atoms with Gasteiger partial charge in [0.05, 0.1) is 23.9 Å². The van der Waals surface area contributed by atoms with E-state index in [-0.39, 0.29) is 34.7 Å². The van der Waals surface area contributed by atoms with E-state index in [1.165, 1.54) is 42.3 Å². The third kappa shape index (κ3) is 2.09. The lowest BCUT2D eigenvalue weighted by molar-refractivity contribution is -0.199. The number of aliphatic hydroxyl groups is 1. The molecule has 0 amide bonds. The van der Waals surface area contributed by atoms with Crippen molar-refractivity contribution >= 4 is 10.9 Å². The minimum Gasteiger partial charge on any atom is -0.388 e. The minimum absolute atomic E-state index is 0.124. The van der Waals surface area contributed by atoms with E-state index >= 15 is 0 Å². The van der Waals surface area contributed by atoms with E-state index in [9.17, 15) is 5.11 Å². The maximum atomic E-state index is 10.6. The highest BCUT2D eigenvalue weighted by molar-refractivity contribution is 5.86. The van der Waals surface area contributed by atoms with E-state index in [0.717, 1.165) is 12.8 Å². The number of para-hydroxylation sites is 1. The zero-order valence-corrected chi connectivity index (χ0v) is 19.2. The molecule has 0 radical (unpaired) electrons. The fourth-order valence-electron chi connectivity index (χ4n) is 8.85. The summed E-state index contributed by atoms with van der Waals surface area (Å²) in [5, 5.41) is 12.0. The molecule has 2 aromatic rings. The molecule has 4 nitrogen and oxygen atoms in total. The smallest absolute Gasteiger partial charge is 0.124 e. The highest BCUT2D eigenvalue weighted by Gasteiger charge is 2.78. The van der Waals surface area contributed by atoms with Gasteiger partial charge in [-0.15, -0.1) is 0 Å². The lowest BCUT2D eigenvalue weighted by Gasteiger charge is -2.62. The molecule has 5 aliphatic rings. The number of benzene rings is 1. The molecule has 8 atom stereocenters. The van der Waals surface area contributed by atoms with Gasteiger partial charge in [0.1, 0.15) is 5.60 Å². The molecule has 4 fully saturated rings. The van der Waals surface area contributed by atoms with E-state index in [1.807, 2.05) is 13.8 Å². The first-order valence-corrected chi connectivity index (χ1v) is 12.4. The Morgan fingerprint density at radius 3 is 2.71 bits per heavy atom. The van der Waals surface area contributed by atoms with Crippen LogP contribution in [0.2, 0.25) is 0 Å². The molecule has 0 bridgehead atoms. The number of H-pyrrole nitrogens is 1. The van der Waals surface area contributed by atoms with Gasteiger partial charge in [0.15, 0.2) is 0 Å². The van der Waals surface area contributed by atoms with Gasteiger partial charge in [-0.05, 0) is 74.8 Å². The Hall–Kier alpha value is -1.36. The molecular formula is C27H35NO3. The van der Waals surface area contributed by atoms with Gasteiger partial charge in [-0.2, -0.15) is 0 Å². The summed E-state index contributed by atoms with van der Waals surface area (Å²) in [6.45, 7) is 8.88. The van der Waals surface area contributed by atoms with Crippen LogP contribution in [-0.4, -0.2) is 39.6 Å². The third-order valence-electron chi connectivity index (χ3n) is 10.7. The fraction of sp³-hybridized carbons (Fsp3) is 0.704. The Kier molecular flexibility index (Phi) is 3.44. The Labute approximate surface area is 184 Å². The first kappa shape index (κ1) is 19.1. The van der Waals surface area contributed by atoms with Gasteiger partial charge in [-0.3, -0.25) is 0 Å². The molecule has 4 heteroatoms. The quantitative estimate of drug-likeness (QED) is 0.646. The number of aromatic nitrogens is 1. The predicted octanol–water partition coefficient (Wildman–Crippen LogP) is 4.87. The fourth-order valence-corrected chi connectivity index (χ4v) is 8.85. The summed E-state index contributed by atoms with van der Waals surface area (Å²) in [6.07, 6.45) is 6.99. The maximum Gasteiger partial charge on any atom is 0.124 e. The molecule has 1 aromatic carbocycles. The zero-order chi connectivity index (χ0) is 21.4. The lowest BCUT2D eigenvalue weighted by atomic mass is 9.43. The summed E-state index contributed by atoms with van der Waals surface area (Å²) in [4.78, 5) is 3.89. The van der Waals surface area contributed by atoms with E-state index in [4.69, 9.17) is 9.47 Å². The summed E-state index contributed by atoms with van der Waals surface area (Å²) >= 11 is 0. The summed E-state index contributed by atoms with van der Waals surface area (Å²) < 4.78 is 13.2. The number of fused-ring (bicyclic) bond motifs is 7. The lowest BCUT2D eigenvalue weighted by Crippen LogP contribution is -2.65. The van der Waals surface area contributed by atoms with Gasteiger partial charge in [-0.25, -0.2) is 0 Å². The van der Waals surface area contributed by atoms with E-state index < -0.39 is 5.60 Å². The average molecular weight is 422 g/mol. The molecule has 1 aromatic heterocycles. The Morgan fingerprint density at radius 2 is 1.90 bits per heavy atom. The first-order chi connectivity index (χ1) is 14.7. The van der Waals surface area contributed by atoms with Crippen molar-refractivity contribution in [1.29, 1.82) is 0 Å². The number of aromatic amines is 1. The molecule has 2 saturated heterocycles. The molecule has 31 heavy (non-hydrogen) atoms. The van der Waals surface area contributed by atoms with Gasteiger partial charge in [0.2, 0.25) is 0 Å². The van der Waals surface area contributed by atoms with Crippen molar-refractivity contribution in [3.05, 3.63) is 35.5 Å². The van der Waals surface area contributed by atoms with E-state index in [0.29, 0.717) is 11.8 Å². The minimum atomic E-state index is -0.812. The molecule has 3 aliphatic carbocycles. The van der Waals surface area contributed by atoms with E-state index in [1.54, 1.807) is 5.56 Å². The molecule has 7 rings (SSSR count). The number of hydrogen-bond acceptors (Lipinski definition) is 3. The number of epoxide rings is 1. The standard InChI is InChI=1S/C27H35NO3/c1-24(2,29)21-14-22-27(31-22)19-10-9-15-13-17-16-7-5-6-8-18(16)28-23(17)26(15,4)25(19,3)12-11-20(27)30-21/h5-8,15,19-22,28-29H,9-14H2,1-4H3/t15-,19+,20-,21-,22+,25-,26+,27-/m0/s1. The number of ether oxygens (including phenoxy) is 2. The summed E-state index contributed by atoms with van der Waals surface area (Å²) in [6, 6.07) is 8.85. The van der Waals surface area contributed by atoms with Crippen LogP contribution >= 0.6 is 0 Å². The first-order valence-electron chi connectivity index (χ1n) is 12.4. The van der Waals surface area contributed by atoms with Crippen molar-refractivity contribution in [2.24, 2.45) is 17.3 Å². The van der Waals surface area contributed by atoms with Crippen molar-refractivity contribution in [1.82, 2.24) is 4.98 Å². The SMILES string of the molecule is CC(C)(O)[C@@H]1C[C@H]2O[C@@]23[C@H](CC[C@@]2(C)[C@H]3CC[C@H]3Cc4c([nH]c5ccccc45)[C@@]32C)O1. The second kappa shape index (κ2) is 5.58. The highest BCUT2D eigenvalue weighted by Crippen LogP contribution is 2.73. The van der Waals surface area contributed by atoms with Crippen LogP contribution in [0.15, 0.2) is 24.3 Å². The largest absolute Gasteiger partial charge is 0.388 e. The van der Waals surface area contributed by atoms with Crippen molar-refractivity contribution < 1.29 is 14.6 Å². The average Bonchev–Trinajstić information content (AvgIpc) is 3.23. The van der Waals surface area contributed by atoms with Crippen LogP contribution in [0.25, 0.3) is 10.9 Å². The second-order valence-electron chi connectivity index (χ2n) is 12.2. The zero-order valence-electron chi connectivity index (χ0n) is 19.2. The van der Waals surface area contributed by atoms with Crippen molar-refractivity contribution in [3.8, 4) is 0 Å². The molecular weight excluding hydrogens is 386 g/mol. The number of hydrogen-bond donors (Lipinski definition) is 2. The Bertz CT molecular complexity index is 1080. The van der Waals surface area contributed by atoms with Gasteiger partial charge in [0, 0.05) is 28.4 Å². The monoisotopic (exact) mass is 421 g/mol. The molecule has 3 heterocycles. The van der Waals surface area contributed by atoms with Crippen molar-refractivity contribution in [2.75, 3.05) is 0 Å². The van der Waals surface area contributed by atoms with Crippen molar-refractivity contribution in [3.63, 3.8) is 0 Å². The van der Waals surface area contributed by atoms with Gasteiger partial charge < -0.3 is 19.6 Å². The molecule has 2 N–H and O–H groups in total. The number of rotatable bonds is 1. The van der Waals surface area contributed by atoms with Crippen LogP contribution in [0, 0.1) is 17.3 Å². The van der Waals surface area contributed by atoms with Crippen LogP contribution in [0.5, 0.6) is 0 Å². The van der Waals surface area contributed by atoms with Crippen molar-refractivity contribution in [2.45, 2.75) is 101 Å². The Balaban J connectivity index is 1.32. The van der Waals surface area contributed by atoms with Crippen LogP contribution in [0.4, 0.5) is 0 Å². The van der Waals surface area contributed by atoms with Crippen LogP contribution in [0.3, 0.4) is 0 Å². The van der Waals surface area contributed by atoms with E-state index in [2.05, 4.69) is 43.1 Å². The van der Waals surface area contributed by atoms with Gasteiger partial charge >= 0.3 is 0 Å². The molecule has 2 aliphatic heterocycles. The molecule has 0 unspecified atom stereocenters. The molecule has 1 spiro atoms.